The maximum Gasteiger partial charge on any atom is 0.125 e. The zero-order valence-electron chi connectivity index (χ0n) is 22.7. The molecule has 4 heteroatoms. The van der Waals surface area contributed by atoms with Crippen LogP contribution >= 0.6 is 0 Å². The Hall–Kier alpha value is -1.00. The average Bonchev–Trinajstić information content (AvgIpc) is 3.15. The summed E-state index contributed by atoms with van der Waals surface area (Å²) in [4.78, 5) is 9.22. The van der Waals surface area contributed by atoms with Crippen LogP contribution in [0.3, 0.4) is 0 Å². The molecule has 1 aromatic rings. The van der Waals surface area contributed by atoms with Crippen molar-refractivity contribution in [3.8, 4) is 0 Å². The Kier molecular flexibility index (Phi) is 7.80. The average molecular weight is 471 g/mol. The predicted octanol–water partition coefficient (Wildman–Crippen LogP) is 6.01. The third-order valence-corrected chi connectivity index (χ3v) is 10.9. The summed E-state index contributed by atoms with van der Waals surface area (Å²) in [5.41, 5.74) is 2.71. The normalized spacial score (nSPS) is 38.6. The summed E-state index contributed by atoms with van der Waals surface area (Å²) < 4.78 is 0. The second-order valence-corrected chi connectivity index (χ2v) is 13.2. The first-order valence-electron chi connectivity index (χ1n) is 14.2. The largest absolute Gasteiger partial charge is 0.396 e. The number of fused-ring (bicyclic) bond motifs is 2. The molecule has 2 fully saturated rings. The summed E-state index contributed by atoms with van der Waals surface area (Å²) >= 11 is 0. The highest BCUT2D eigenvalue weighted by Gasteiger charge is 2.58. The van der Waals surface area contributed by atoms with Gasteiger partial charge in [0.05, 0.1) is 0 Å². The van der Waals surface area contributed by atoms with E-state index < -0.39 is 0 Å². The molecule has 3 aliphatic carbocycles. The SMILES string of the molecule is Cc1ncc2c(n1)C[C@H](CO)[C@@](C)([C@H]1CC[C@]3(C)[C@@H](C(C)CCCC(C)C)CC[C@H]3[C@@H]1CO)C2. The molecular weight excluding hydrogens is 420 g/mol. The van der Waals surface area contributed by atoms with Gasteiger partial charge < -0.3 is 10.2 Å². The molecular formula is C30H50N2O2. The second kappa shape index (κ2) is 10.2. The molecule has 3 aliphatic rings. The van der Waals surface area contributed by atoms with Gasteiger partial charge in [0, 0.05) is 25.1 Å². The van der Waals surface area contributed by atoms with Gasteiger partial charge in [-0.25, -0.2) is 9.97 Å². The van der Waals surface area contributed by atoms with Gasteiger partial charge in [0.15, 0.2) is 0 Å². The van der Waals surface area contributed by atoms with E-state index in [0.717, 1.165) is 42.1 Å². The van der Waals surface area contributed by atoms with Crippen LogP contribution in [0.25, 0.3) is 0 Å². The van der Waals surface area contributed by atoms with Crippen molar-refractivity contribution in [2.75, 3.05) is 13.2 Å². The van der Waals surface area contributed by atoms with Crippen LogP contribution < -0.4 is 0 Å². The third kappa shape index (κ3) is 4.59. The first-order valence-corrected chi connectivity index (χ1v) is 14.2. The Morgan fingerprint density at radius 1 is 1.00 bits per heavy atom. The number of nitrogens with zero attached hydrogens (tertiary/aromatic N) is 2. The molecule has 0 bridgehead atoms. The van der Waals surface area contributed by atoms with Gasteiger partial charge in [-0.05, 0) is 103 Å². The Morgan fingerprint density at radius 3 is 2.41 bits per heavy atom. The first kappa shape index (κ1) is 26.1. The summed E-state index contributed by atoms with van der Waals surface area (Å²) in [7, 11) is 0. The Labute approximate surface area is 208 Å². The van der Waals surface area contributed by atoms with E-state index >= 15 is 0 Å². The highest BCUT2D eigenvalue weighted by molar-refractivity contribution is 5.25. The molecule has 0 saturated heterocycles. The molecule has 34 heavy (non-hydrogen) atoms. The summed E-state index contributed by atoms with van der Waals surface area (Å²) in [5.74, 6) is 4.74. The molecule has 0 radical (unpaired) electrons. The second-order valence-electron chi connectivity index (χ2n) is 13.2. The van der Waals surface area contributed by atoms with Gasteiger partial charge in [-0.15, -0.1) is 0 Å². The molecule has 0 amide bonds. The highest BCUT2D eigenvalue weighted by atomic mass is 16.3. The van der Waals surface area contributed by atoms with E-state index in [4.69, 9.17) is 4.98 Å². The highest BCUT2D eigenvalue weighted by Crippen LogP contribution is 2.64. The standard InChI is InChI=1S/C30H50N2O2/c1-19(2)8-7-9-20(3)25-10-11-26-24(18-34)27(12-13-29(25,26)5)30(6)15-22-16-31-21(4)32-28(22)14-23(30)17-33/h16,19-20,23-27,33-34H,7-15,17-18H2,1-6H3/t20?,23-,24+,25-,26+,27+,29-,30+/m1/s1. The number of aryl methyl sites for hydroxylation is 1. The maximum atomic E-state index is 10.8. The predicted molar refractivity (Wildman–Crippen MR) is 138 cm³/mol. The number of aliphatic hydroxyl groups excluding tert-OH is 2. The summed E-state index contributed by atoms with van der Waals surface area (Å²) in [6, 6.07) is 0. The number of hydrogen-bond acceptors (Lipinski definition) is 4. The summed E-state index contributed by atoms with van der Waals surface area (Å²) in [5, 5.41) is 21.3. The minimum absolute atomic E-state index is 0.0178. The van der Waals surface area contributed by atoms with E-state index in [1.165, 1.54) is 50.5 Å². The minimum atomic E-state index is -0.0178. The van der Waals surface area contributed by atoms with Gasteiger partial charge in [-0.2, -0.15) is 0 Å². The van der Waals surface area contributed by atoms with E-state index in [-0.39, 0.29) is 24.5 Å². The Balaban J connectivity index is 1.55. The molecule has 1 heterocycles. The number of hydrogen-bond donors (Lipinski definition) is 2. The van der Waals surface area contributed by atoms with Gasteiger partial charge in [0.2, 0.25) is 0 Å². The lowest BCUT2D eigenvalue weighted by Gasteiger charge is -2.57. The smallest absolute Gasteiger partial charge is 0.125 e. The van der Waals surface area contributed by atoms with Crippen molar-refractivity contribution < 1.29 is 10.2 Å². The molecule has 1 unspecified atom stereocenters. The maximum absolute atomic E-state index is 10.8. The zero-order valence-corrected chi connectivity index (χ0v) is 22.7. The lowest BCUT2D eigenvalue weighted by molar-refractivity contribution is -0.0942. The molecule has 4 nitrogen and oxygen atoms in total. The molecule has 0 aliphatic heterocycles. The van der Waals surface area contributed by atoms with Crippen LogP contribution in [0.1, 0.15) is 96.6 Å². The van der Waals surface area contributed by atoms with Crippen LogP contribution in [0.15, 0.2) is 6.20 Å². The van der Waals surface area contributed by atoms with Gasteiger partial charge in [-0.1, -0.05) is 53.9 Å². The van der Waals surface area contributed by atoms with Crippen LogP contribution in [0, 0.1) is 59.2 Å². The van der Waals surface area contributed by atoms with Crippen LogP contribution in [-0.4, -0.2) is 33.4 Å². The Bertz CT molecular complexity index is 841. The first-order chi connectivity index (χ1) is 16.1. The molecule has 2 N–H and O–H groups in total. The van der Waals surface area contributed by atoms with Gasteiger partial charge in [0.25, 0.3) is 0 Å². The van der Waals surface area contributed by atoms with E-state index in [9.17, 15) is 10.2 Å². The molecule has 0 aromatic carbocycles. The Morgan fingerprint density at radius 2 is 1.74 bits per heavy atom. The van der Waals surface area contributed by atoms with Gasteiger partial charge in [0.1, 0.15) is 5.82 Å². The van der Waals surface area contributed by atoms with Crippen LogP contribution in [0.4, 0.5) is 0 Å². The van der Waals surface area contributed by atoms with Crippen LogP contribution in [0.2, 0.25) is 0 Å². The number of aromatic nitrogens is 2. The molecule has 1 aromatic heterocycles. The topological polar surface area (TPSA) is 66.2 Å². The van der Waals surface area contributed by atoms with Crippen molar-refractivity contribution >= 4 is 0 Å². The fourth-order valence-corrected chi connectivity index (χ4v) is 8.98. The van der Waals surface area contributed by atoms with Gasteiger partial charge in [-0.3, -0.25) is 0 Å². The minimum Gasteiger partial charge on any atom is -0.396 e. The number of rotatable bonds is 8. The lowest BCUT2D eigenvalue weighted by Crippen LogP contribution is -2.53. The van der Waals surface area contributed by atoms with E-state index in [0.29, 0.717) is 23.2 Å². The number of aliphatic hydroxyl groups is 2. The molecule has 0 spiro atoms. The van der Waals surface area contributed by atoms with Crippen LogP contribution in [-0.2, 0) is 12.8 Å². The lowest BCUT2D eigenvalue weighted by atomic mass is 9.48. The third-order valence-electron chi connectivity index (χ3n) is 10.9. The molecule has 192 valence electrons. The summed E-state index contributed by atoms with van der Waals surface area (Å²) in [6.45, 7) is 14.6. The van der Waals surface area contributed by atoms with Crippen molar-refractivity contribution in [1.82, 2.24) is 9.97 Å². The molecule has 4 rings (SSSR count). The van der Waals surface area contributed by atoms with Crippen molar-refractivity contribution in [2.45, 2.75) is 99.3 Å². The van der Waals surface area contributed by atoms with Gasteiger partial charge >= 0.3 is 0 Å². The summed E-state index contributed by atoms with van der Waals surface area (Å²) in [6.07, 6.45) is 12.8. The van der Waals surface area contributed by atoms with Crippen LogP contribution in [0.5, 0.6) is 0 Å². The van der Waals surface area contributed by atoms with E-state index in [2.05, 4.69) is 39.6 Å². The van der Waals surface area contributed by atoms with Crippen molar-refractivity contribution in [3.05, 3.63) is 23.3 Å². The molecule has 8 atom stereocenters. The fraction of sp³-hybridized carbons (Fsp3) is 0.867. The zero-order chi connectivity index (χ0) is 24.7. The molecule has 2 saturated carbocycles. The fourth-order valence-electron chi connectivity index (χ4n) is 8.98. The quantitative estimate of drug-likeness (QED) is 0.488. The van der Waals surface area contributed by atoms with Crippen molar-refractivity contribution in [1.29, 1.82) is 0 Å². The van der Waals surface area contributed by atoms with E-state index in [1.54, 1.807) is 0 Å². The van der Waals surface area contributed by atoms with E-state index in [1.807, 2.05) is 13.1 Å². The monoisotopic (exact) mass is 470 g/mol. The van der Waals surface area contributed by atoms with Crippen molar-refractivity contribution in [2.24, 2.45) is 52.3 Å². The van der Waals surface area contributed by atoms with Crippen molar-refractivity contribution in [3.63, 3.8) is 0 Å².